The standard InChI is InChI=1S/C16H16F2N2O/c1-19-9-8-11-4-2-3-5-13(11)16(21)20-15-7-6-12(17)10-14(15)18/h2-7,10,19H,8-9H2,1H3,(H,20,21). The van der Waals surface area contributed by atoms with Crippen molar-refractivity contribution < 1.29 is 13.6 Å². The number of benzene rings is 2. The molecule has 2 rings (SSSR count). The molecule has 21 heavy (non-hydrogen) atoms. The molecule has 0 radical (unpaired) electrons. The second kappa shape index (κ2) is 6.95. The first-order chi connectivity index (χ1) is 10.1. The Labute approximate surface area is 122 Å². The van der Waals surface area contributed by atoms with Crippen LogP contribution >= 0.6 is 0 Å². The quantitative estimate of drug-likeness (QED) is 0.889. The van der Waals surface area contributed by atoms with Crippen molar-refractivity contribution in [3.05, 3.63) is 65.2 Å². The Hall–Kier alpha value is -2.27. The molecule has 0 aliphatic carbocycles. The van der Waals surface area contributed by atoms with E-state index in [-0.39, 0.29) is 5.69 Å². The first-order valence-electron chi connectivity index (χ1n) is 6.60. The first kappa shape index (κ1) is 15.1. The highest BCUT2D eigenvalue weighted by Gasteiger charge is 2.13. The van der Waals surface area contributed by atoms with Gasteiger partial charge in [0.25, 0.3) is 5.91 Å². The molecule has 110 valence electrons. The Morgan fingerprint density at radius 2 is 1.90 bits per heavy atom. The summed E-state index contributed by atoms with van der Waals surface area (Å²) in [6, 6.07) is 10.2. The highest BCUT2D eigenvalue weighted by molar-refractivity contribution is 6.05. The molecule has 0 aliphatic rings. The van der Waals surface area contributed by atoms with Gasteiger partial charge in [0.15, 0.2) is 0 Å². The van der Waals surface area contributed by atoms with Crippen LogP contribution in [0.3, 0.4) is 0 Å². The number of rotatable bonds is 5. The fourth-order valence-corrected chi connectivity index (χ4v) is 2.00. The summed E-state index contributed by atoms with van der Waals surface area (Å²) in [6.07, 6.45) is 0.687. The van der Waals surface area contributed by atoms with Gasteiger partial charge in [-0.1, -0.05) is 18.2 Å². The number of carbonyl (C=O) groups excluding carboxylic acids is 1. The maximum Gasteiger partial charge on any atom is 0.256 e. The zero-order valence-corrected chi connectivity index (χ0v) is 11.6. The normalized spacial score (nSPS) is 10.4. The Bertz CT molecular complexity index is 644. The molecule has 0 fully saturated rings. The molecule has 0 heterocycles. The Kier molecular flexibility index (Phi) is 5.00. The number of likely N-dealkylation sites (N-methyl/N-ethyl adjacent to an activating group) is 1. The van der Waals surface area contributed by atoms with Crippen LogP contribution in [0.4, 0.5) is 14.5 Å². The monoisotopic (exact) mass is 290 g/mol. The molecular weight excluding hydrogens is 274 g/mol. The lowest BCUT2D eigenvalue weighted by molar-refractivity contribution is 0.102. The van der Waals surface area contributed by atoms with Crippen molar-refractivity contribution in [3.63, 3.8) is 0 Å². The van der Waals surface area contributed by atoms with Gasteiger partial charge in [0, 0.05) is 11.6 Å². The van der Waals surface area contributed by atoms with E-state index < -0.39 is 17.5 Å². The van der Waals surface area contributed by atoms with E-state index >= 15 is 0 Å². The molecule has 3 nitrogen and oxygen atoms in total. The third-order valence-corrected chi connectivity index (χ3v) is 3.09. The van der Waals surface area contributed by atoms with Gasteiger partial charge < -0.3 is 10.6 Å². The SMILES string of the molecule is CNCCc1ccccc1C(=O)Nc1ccc(F)cc1F. The van der Waals surface area contributed by atoms with Gasteiger partial charge in [-0.25, -0.2) is 8.78 Å². The fraction of sp³-hybridized carbons (Fsp3) is 0.188. The molecule has 5 heteroatoms. The van der Waals surface area contributed by atoms with E-state index in [2.05, 4.69) is 10.6 Å². The van der Waals surface area contributed by atoms with E-state index in [4.69, 9.17) is 0 Å². The number of hydrogen-bond acceptors (Lipinski definition) is 2. The van der Waals surface area contributed by atoms with Crippen LogP contribution in [0.2, 0.25) is 0 Å². The van der Waals surface area contributed by atoms with Crippen LogP contribution in [0.1, 0.15) is 15.9 Å². The molecule has 2 aromatic rings. The third kappa shape index (κ3) is 3.86. The highest BCUT2D eigenvalue weighted by Crippen LogP contribution is 2.17. The largest absolute Gasteiger partial charge is 0.319 e. The summed E-state index contributed by atoms with van der Waals surface area (Å²) in [7, 11) is 1.83. The summed E-state index contributed by atoms with van der Waals surface area (Å²) < 4.78 is 26.4. The average molecular weight is 290 g/mol. The zero-order chi connectivity index (χ0) is 15.2. The van der Waals surface area contributed by atoms with Crippen molar-refractivity contribution in [3.8, 4) is 0 Å². The molecule has 0 bridgehead atoms. The Morgan fingerprint density at radius 3 is 2.62 bits per heavy atom. The molecule has 0 aromatic heterocycles. The molecule has 0 saturated heterocycles. The lowest BCUT2D eigenvalue weighted by Crippen LogP contribution is -2.17. The van der Waals surface area contributed by atoms with E-state index in [0.717, 1.165) is 24.2 Å². The molecule has 0 unspecified atom stereocenters. The average Bonchev–Trinajstić information content (AvgIpc) is 2.48. The maximum atomic E-state index is 13.6. The van der Waals surface area contributed by atoms with Gasteiger partial charge in [-0.2, -0.15) is 0 Å². The van der Waals surface area contributed by atoms with E-state index in [1.54, 1.807) is 12.1 Å². The molecule has 0 atom stereocenters. The topological polar surface area (TPSA) is 41.1 Å². The van der Waals surface area contributed by atoms with E-state index in [0.29, 0.717) is 12.0 Å². The van der Waals surface area contributed by atoms with Crippen LogP contribution in [0.15, 0.2) is 42.5 Å². The van der Waals surface area contributed by atoms with Crippen LogP contribution in [0.5, 0.6) is 0 Å². The van der Waals surface area contributed by atoms with Crippen molar-refractivity contribution in [2.45, 2.75) is 6.42 Å². The highest BCUT2D eigenvalue weighted by atomic mass is 19.1. The molecule has 2 aromatic carbocycles. The van der Waals surface area contributed by atoms with Crippen molar-refractivity contribution in [1.29, 1.82) is 0 Å². The fourth-order valence-electron chi connectivity index (χ4n) is 2.00. The van der Waals surface area contributed by atoms with Crippen LogP contribution in [0, 0.1) is 11.6 Å². The van der Waals surface area contributed by atoms with E-state index in [1.165, 1.54) is 6.07 Å². The van der Waals surface area contributed by atoms with Gasteiger partial charge in [0.05, 0.1) is 5.69 Å². The number of carbonyl (C=O) groups is 1. The van der Waals surface area contributed by atoms with Gasteiger partial charge in [-0.05, 0) is 43.8 Å². The molecule has 0 spiro atoms. The number of halogens is 2. The Morgan fingerprint density at radius 1 is 1.14 bits per heavy atom. The summed E-state index contributed by atoms with van der Waals surface area (Å²) in [5.41, 5.74) is 1.31. The van der Waals surface area contributed by atoms with Crippen molar-refractivity contribution >= 4 is 11.6 Å². The number of nitrogens with one attached hydrogen (secondary N) is 2. The van der Waals surface area contributed by atoms with E-state index in [1.807, 2.05) is 19.2 Å². The van der Waals surface area contributed by atoms with Crippen molar-refractivity contribution in [1.82, 2.24) is 5.32 Å². The van der Waals surface area contributed by atoms with Crippen LogP contribution in [-0.2, 0) is 6.42 Å². The van der Waals surface area contributed by atoms with Crippen molar-refractivity contribution in [2.75, 3.05) is 18.9 Å². The van der Waals surface area contributed by atoms with Crippen LogP contribution < -0.4 is 10.6 Å². The summed E-state index contributed by atoms with van der Waals surface area (Å²) in [5.74, 6) is -1.89. The smallest absolute Gasteiger partial charge is 0.256 e. The lowest BCUT2D eigenvalue weighted by atomic mass is 10.0. The minimum Gasteiger partial charge on any atom is -0.319 e. The Balaban J connectivity index is 2.20. The summed E-state index contributed by atoms with van der Waals surface area (Å²) in [4.78, 5) is 12.2. The number of hydrogen-bond donors (Lipinski definition) is 2. The van der Waals surface area contributed by atoms with Gasteiger partial charge >= 0.3 is 0 Å². The summed E-state index contributed by atoms with van der Waals surface area (Å²) >= 11 is 0. The zero-order valence-electron chi connectivity index (χ0n) is 11.6. The van der Waals surface area contributed by atoms with Gasteiger partial charge in [0.1, 0.15) is 11.6 Å². The van der Waals surface area contributed by atoms with Crippen LogP contribution in [-0.4, -0.2) is 19.5 Å². The predicted octanol–water partition coefficient (Wildman–Crippen LogP) is 2.98. The predicted molar refractivity (Wildman–Crippen MR) is 78.4 cm³/mol. The number of anilines is 1. The molecule has 0 aliphatic heterocycles. The third-order valence-electron chi connectivity index (χ3n) is 3.09. The molecule has 1 amide bonds. The molecule has 2 N–H and O–H groups in total. The van der Waals surface area contributed by atoms with Gasteiger partial charge in [0.2, 0.25) is 0 Å². The molecule has 0 saturated carbocycles. The minimum atomic E-state index is -0.795. The van der Waals surface area contributed by atoms with Gasteiger partial charge in [-0.3, -0.25) is 4.79 Å². The minimum absolute atomic E-state index is 0.0372. The summed E-state index contributed by atoms with van der Waals surface area (Å²) in [6.45, 7) is 0.731. The lowest BCUT2D eigenvalue weighted by Gasteiger charge is -2.10. The second-order valence-electron chi connectivity index (χ2n) is 4.59. The first-order valence-corrected chi connectivity index (χ1v) is 6.60. The van der Waals surface area contributed by atoms with Crippen molar-refractivity contribution in [2.24, 2.45) is 0 Å². The maximum absolute atomic E-state index is 13.6. The van der Waals surface area contributed by atoms with Gasteiger partial charge in [-0.15, -0.1) is 0 Å². The second-order valence-corrected chi connectivity index (χ2v) is 4.59. The van der Waals surface area contributed by atoms with E-state index in [9.17, 15) is 13.6 Å². The summed E-state index contributed by atoms with van der Waals surface area (Å²) in [5, 5.41) is 5.48. The molecular formula is C16H16F2N2O. The van der Waals surface area contributed by atoms with Crippen LogP contribution in [0.25, 0.3) is 0 Å². The number of amides is 1.